The Morgan fingerprint density at radius 1 is 0.645 bits per heavy atom. The molecule has 4 aromatic carbocycles. The van der Waals surface area contributed by atoms with Crippen molar-refractivity contribution in [1.82, 2.24) is 0 Å². The van der Waals surface area contributed by atoms with Crippen molar-refractivity contribution < 1.29 is 14.6 Å². The Balaban J connectivity index is 1.73. The van der Waals surface area contributed by atoms with E-state index in [4.69, 9.17) is 9.47 Å². The zero-order valence-corrected chi connectivity index (χ0v) is 18.3. The normalized spacial score (nSPS) is 11.3. The Bertz CT molecular complexity index is 1180. The molecule has 0 bridgehead atoms. The van der Waals surface area contributed by atoms with Gasteiger partial charge in [-0.3, -0.25) is 0 Å². The van der Waals surface area contributed by atoms with Gasteiger partial charge in [-0.05, 0) is 66.9 Å². The van der Waals surface area contributed by atoms with Crippen molar-refractivity contribution >= 4 is 19.0 Å². The number of ether oxygens (including phenoxy) is 2. The monoisotopic (exact) mass is 425 g/mol. The third kappa shape index (κ3) is 5.21. The maximum Gasteiger partial charge on any atom is 0.142 e. The zero-order chi connectivity index (χ0) is 21.6. The van der Waals surface area contributed by atoms with Crippen LogP contribution in [0.2, 0.25) is 0 Å². The summed E-state index contributed by atoms with van der Waals surface area (Å²) in [6, 6.07) is 30.6. The summed E-state index contributed by atoms with van der Waals surface area (Å²) in [5.41, 5.74) is 2.77. The molecule has 0 N–H and O–H groups in total. The van der Waals surface area contributed by atoms with Crippen molar-refractivity contribution in [2.75, 3.05) is 0 Å². The van der Waals surface area contributed by atoms with E-state index < -0.39 is 0 Å². The molecule has 0 aliphatic carbocycles. The zero-order valence-electron chi connectivity index (χ0n) is 17.4. The molecule has 0 saturated carbocycles. The fraction of sp³-hybridized carbons (Fsp3) is 0.0741. The Morgan fingerprint density at radius 3 is 1.84 bits per heavy atom. The number of para-hydroxylation sites is 2. The number of rotatable bonds is 6. The Morgan fingerprint density at radius 2 is 1.23 bits per heavy atom. The highest BCUT2D eigenvalue weighted by Gasteiger charge is 2.09. The highest BCUT2D eigenvalue weighted by molar-refractivity contribution is 7.49. The minimum atomic E-state index is 0.0465. The van der Waals surface area contributed by atoms with Gasteiger partial charge in [0.25, 0.3) is 0 Å². The van der Waals surface area contributed by atoms with Crippen LogP contribution in [0.3, 0.4) is 0 Å². The number of aryl methyl sites for hydroxylation is 2. The largest absolute Gasteiger partial charge is 0.823 e. The topological polar surface area (TPSA) is 41.5 Å². The van der Waals surface area contributed by atoms with Gasteiger partial charge in [0, 0.05) is 11.4 Å². The molecule has 0 heterocycles. The molecule has 0 aliphatic heterocycles. The lowest BCUT2D eigenvalue weighted by atomic mass is 10.0. The van der Waals surface area contributed by atoms with Crippen molar-refractivity contribution in [2.24, 2.45) is 0 Å². The molecule has 0 amide bonds. The molecule has 4 heteroatoms. The number of hydrogen-bond acceptors (Lipinski definition) is 3. The summed E-state index contributed by atoms with van der Waals surface area (Å²) in [5, 5.41) is 13.9. The van der Waals surface area contributed by atoms with Gasteiger partial charge < -0.3 is 14.6 Å². The van der Waals surface area contributed by atoms with Gasteiger partial charge >= 0.3 is 0 Å². The van der Waals surface area contributed by atoms with Crippen molar-refractivity contribution in [3.05, 3.63) is 114 Å². The second kappa shape index (κ2) is 9.61. The molecule has 0 radical (unpaired) electrons. The van der Waals surface area contributed by atoms with Gasteiger partial charge in [-0.2, -0.15) is 0 Å². The maximum absolute atomic E-state index is 13.1. The van der Waals surface area contributed by atoms with Crippen LogP contribution in [0.5, 0.6) is 23.0 Å². The van der Waals surface area contributed by atoms with Crippen molar-refractivity contribution in [1.29, 1.82) is 0 Å². The van der Waals surface area contributed by atoms with Gasteiger partial charge in [0.1, 0.15) is 23.0 Å². The van der Waals surface area contributed by atoms with E-state index in [1.807, 2.05) is 111 Å². The summed E-state index contributed by atoms with van der Waals surface area (Å²) in [4.78, 5) is 0. The van der Waals surface area contributed by atoms with Gasteiger partial charge in [-0.15, -0.1) is 5.48 Å². The van der Waals surface area contributed by atoms with E-state index in [2.05, 4.69) is 0 Å². The predicted molar refractivity (Wildman–Crippen MR) is 126 cm³/mol. The molecular formula is C27H22O3P-. The second-order valence-corrected chi connectivity index (χ2v) is 8.26. The predicted octanol–water partition coefficient (Wildman–Crippen LogP) is 6.00. The second-order valence-electron chi connectivity index (χ2n) is 7.14. The minimum absolute atomic E-state index is 0.0465. The van der Waals surface area contributed by atoms with Gasteiger partial charge in [-0.25, -0.2) is 0 Å². The Kier molecular flexibility index (Phi) is 6.47. The van der Waals surface area contributed by atoms with E-state index in [-0.39, 0.29) is 5.48 Å². The molecular weight excluding hydrogens is 403 g/mol. The average Bonchev–Trinajstić information content (AvgIpc) is 2.77. The Labute approximate surface area is 184 Å². The average molecular weight is 425 g/mol. The van der Waals surface area contributed by atoms with Crippen molar-refractivity contribution in [3.63, 3.8) is 0 Å². The molecule has 0 fully saturated rings. The smallest absolute Gasteiger partial charge is 0.142 e. The molecule has 0 spiro atoms. The lowest BCUT2D eigenvalue weighted by Gasteiger charge is -2.19. The van der Waals surface area contributed by atoms with Crippen LogP contribution in [0.25, 0.3) is 0 Å². The summed E-state index contributed by atoms with van der Waals surface area (Å²) in [6.45, 7) is 3.93. The van der Waals surface area contributed by atoms with Crippen LogP contribution in [-0.4, -0.2) is 5.48 Å². The Hall–Kier alpha value is -3.39. The quantitative estimate of drug-likeness (QED) is 0.356. The molecule has 0 aromatic heterocycles. The summed E-state index contributed by atoms with van der Waals surface area (Å²) in [6.07, 6.45) is 0. The molecule has 3 nitrogen and oxygen atoms in total. The lowest BCUT2D eigenvalue weighted by molar-refractivity contribution is -0.207. The van der Waals surface area contributed by atoms with Crippen LogP contribution in [0.4, 0.5) is 0 Å². The van der Waals surface area contributed by atoms with Crippen LogP contribution in [0.1, 0.15) is 16.7 Å². The van der Waals surface area contributed by atoms with Crippen molar-refractivity contribution in [3.8, 4) is 23.0 Å². The fourth-order valence-corrected chi connectivity index (χ4v) is 4.34. The molecule has 31 heavy (non-hydrogen) atoms. The van der Waals surface area contributed by atoms with E-state index in [0.29, 0.717) is 25.5 Å². The number of benzene rings is 4. The van der Waals surface area contributed by atoms with Gasteiger partial charge in [0.15, 0.2) is 0 Å². The minimum Gasteiger partial charge on any atom is -0.823 e. The molecule has 4 aromatic rings. The number of hydrogen-bond donors (Lipinski definition) is 0. The molecule has 4 rings (SSSR count). The van der Waals surface area contributed by atoms with E-state index in [9.17, 15) is 5.11 Å². The van der Waals surface area contributed by atoms with Crippen LogP contribution < -0.4 is 19.9 Å². The molecule has 0 unspecified atom stereocenters. The van der Waals surface area contributed by atoms with Gasteiger partial charge in [0.2, 0.25) is 0 Å². The van der Waals surface area contributed by atoms with Crippen LogP contribution in [-0.2, 0) is 0 Å². The van der Waals surface area contributed by atoms with Gasteiger partial charge in [-0.1, -0.05) is 62.8 Å². The van der Waals surface area contributed by atoms with Crippen LogP contribution >= 0.6 is 8.20 Å². The standard InChI is InChI=1S/C27H23O3P/c1-19-10-9-11-20(2)26(19)27(28)31-25-17-16-23(29-21-12-5-3-6-13-21)18-24(25)30-22-14-7-4-8-15-22/h3-18,28H,1-2H3/p-1. The summed E-state index contributed by atoms with van der Waals surface area (Å²) < 4.78 is 12.1. The van der Waals surface area contributed by atoms with Crippen molar-refractivity contribution in [2.45, 2.75) is 13.8 Å². The van der Waals surface area contributed by atoms with Crippen LogP contribution in [0.15, 0.2) is 97.1 Å². The molecule has 0 aliphatic rings. The lowest BCUT2D eigenvalue weighted by Crippen LogP contribution is -2.20. The first-order valence-electron chi connectivity index (χ1n) is 10.0. The first-order chi connectivity index (χ1) is 15.1. The van der Waals surface area contributed by atoms with E-state index >= 15 is 0 Å². The summed E-state index contributed by atoms with van der Waals surface area (Å²) in [5.74, 6) is 2.69. The third-order valence-electron chi connectivity index (χ3n) is 4.80. The van der Waals surface area contributed by atoms with Gasteiger partial charge in [0.05, 0.1) is 0 Å². The first-order valence-corrected chi connectivity index (χ1v) is 10.9. The third-order valence-corrected chi connectivity index (χ3v) is 5.84. The highest BCUT2D eigenvalue weighted by atomic mass is 31.1. The molecule has 0 atom stereocenters. The summed E-state index contributed by atoms with van der Waals surface area (Å²) >= 11 is 0. The van der Waals surface area contributed by atoms with E-state index in [1.165, 1.54) is 0 Å². The highest BCUT2D eigenvalue weighted by Crippen LogP contribution is 2.30. The van der Waals surface area contributed by atoms with Crippen LogP contribution in [0, 0.1) is 13.8 Å². The fourth-order valence-electron chi connectivity index (χ4n) is 3.29. The van der Waals surface area contributed by atoms with E-state index in [0.717, 1.165) is 27.7 Å². The first kappa shape index (κ1) is 20.9. The maximum atomic E-state index is 13.1. The molecule has 154 valence electrons. The SMILES string of the molecule is Cc1cccc(C)c1C([O-])=Pc1ccc(Oc2ccccc2)cc1Oc1ccccc1. The molecule has 0 saturated heterocycles. The summed E-state index contributed by atoms with van der Waals surface area (Å²) in [7, 11) is 0.555. The van der Waals surface area contributed by atoms with E-state index in [1.54, 1.807) is 0 Å².